The predicted octanol–water partition coefficient (Wildman–Crippen LogP) is 9.15. The minimum atomic E-state index is -5.05. The van der Waals surface area contributed by atoms with Crippen LogP contribution in [0.4, 0.5) is 29.5 Å². The van der Waals surface area contributed by atoms with Crippen LogP contribution in [0.1, 0.15) is 83.5 Å². The first kappa shape index (κ1) is 47.6. The van der Waals surface area contributed by atoms with Crippen LogP contribution < -0.4 is 20.3 Å². The normalized spacial score (nSPS) is 22.4. The average Bonchev–Trinajstić information content (AvgIpc) is 3.55. The van der Waals surface area contributed by atoms with Gasteiger partial charge < -0.3 is 39.6 Å². The standard InChI is InChI=1S/C47H58ClF3N8O6/c1-26(2)41(56-45(62)63-8)44(61)59-21-27(3)15-38(59)42-53-20-37(54-42)31-11-9-30(10-12-31)34-16-35(48)36(17-39(34)65-47(49,50)51)55-43(60)32-13-14-40(52-19-32)58-23-28(4)57(22-29(58)5)25-64-24-33-18-46(33,6)7/h9-14,16-17,19-20,26-29,33,38,41H,15,18,21-25H2,1-8H3,(H,53,54)(H,55,60)(H,56,62)/t27-,28-,29+,33+,38-,41-/m0/s1. The number of imidazole rings is 1. The smallest absolute Gasteiger partial charge is 0.453 e. The number of amides is 3. The first-order chi connectivity index (χ1) is 30.7. The van der Waals surface area contributed by atoms with E-state index in [9.17, 15) is 27.6 Å². The van der Waals surface area contributed by atoms with E-state index in [1.807, 2.05) is 20.8 Å². The number of aromatic nitrogens is 3. The fraction of sp³-hybridized carbons (Fsp3) is 0.511. The Hall–Kier alpha value is -5.39. The van der Waals surface area contributed by atoms with Gasteiger partial charge >= 0.3 is 12.5 Å². The highest BCUT2D eigenvalue weighted by molar-refractivity contribution is 6.34. The van der Waals surface area contributed by atoms with Crippen LogP contribution in [0.3, 0.4) is 0 Å². The highest BCUT2D eigenvalue weighted by atomic mass is 35.5. The largest absolute Gasteiger partial charge is 0.573 e. The number of nitrogens with one attached hydrogen (secondary N) is 3. The highest BCUT2D eigenvalue weighted by Gasteiger charge is 2.46. The van der Waals surface area contributed by atoms with Crippen LogP contribution in [0.25, 0.3) is 22.4 Å². The molecule has 2 aromatic heterocycles. The summed E-state index contributed by atoms with van der Waals surface area (Å²) in [5.74, 6) is 0.441. The zero-order valence-corrected chi connectivity index (χ0v) is 38.7. The molecule has 7 rings (SSSR count). The molecule has 2 saturated heterocycles. The number of hydrogen-bond acceptors (Lipinski definition) is 10. The van der Waals surface area contributed by atoms with Crippen molar-refractivity contribution in [2.24, 2.45) is 23.2 Å². The number of alkyl carbamates (subject to hydrolysis) is 1. The number of aromatic amines is 1. The van der Waals surface area contributed by atoms with Gasteiger partial charge in [0, 0.05) is 49.5 Å². The molecule has 3 aliphatic rings. The number of hydrogen-bond donors (Lipinski definition) is 3. The van der Waals surface area contributed by atoms with Gasteiger partial charge in [0.05, 0.1) is 54.7 Å². The van der Waals surface area contributed by atoms with E-state index in [-0.39, 0.29) is 57.7 Å². The maximum Gasteiger partial charge on any atom is 0.573 e. The van der Waals surface area contributed by atoms with Gasteiger partial charge in [0.2, 0.25) is 5.91 Å². The molecule has 6 atom stereocenters. The van der Waals surface area contributed by atoms with Crippen molar-refractivity contribution in [3.8, 4) is 28.1 Å². The van der Waals surface area contributed by atoms with E-state index in [4.69, 9.17) is 21.1 Å². The maximum atomic E-state index is 13.8. The Balaban J connectivity index is 1.02. The van der Waals surface area contributed by atoms with Crippen LogP contribution in [-0.2, 0) is 14.3 Å². The number of nitrogens with zero attached hydrogens (tertiary/aromatic N) is 5. The third-order valence-corrected chi connectivity index (χ3v) is 13.2. The van der Waals surface area contributed by atoms with Crippen molar-refractivity contribution in [2.45, 2.75) is 91.8 Å². The van der Waals surface area contributed by atoms with E-state index >= 15 is 0 Å². The molecule has 0 spiro atoms. The number of likely N-dealkylation sites (tertiary alicyclic amines) is 1. The van der Waals surface area contributed by atoms with Crippen LogP contribution in [0, 0.1) is 23.2 Å². The molecule has 3 fully saturated rings. The average molecular weight is 923 g/mol. The van der Waals surface area contributed by atoms with Gasteiger partial charge in [-0.25, -0.2) is 14.8 Å². The molecule has 18 heteroatoms. The van der Waals surface area contributed by atoms with Crippen molar-refractivity contribution in [3.05, 3.63) is 77.3 Å². The Morgan fingerprint density at radius 2 is 1.68 bits per heavy atom. The van der Waals surface area contributed by atoms with E-state index in [2.05, 4.69) is 67.8 Å². The fourth-order valence-electron chi connectivity index (χ4n) is 8.75. The molecule has 0 unspecified atom stereocenters. The topological polar surface area (TPSA) is 154 Å². The fourth-order valence-corrected chi connectivity index (χ4v) is 8.96. The molecule has 3 N–H and O–H groups in total. The first-order valence-electron chi connectivity index (χ1n) is 22.0. The zero-order valence-electron chi connectivity index (χ0n) is 38.0. The number of piperazine rings is 1. The van der Waals surface area contributed by atoms with Gasteiger partial charge in [-0.05, 0) is 79.2 Å². The number of pyridine rings is 1. The van der Waals surface area contributed by atoms with Crippen molar-refractivity contribution < 1.29 is 41.8 Å². The quantitative estimate of drug-likeness (QED) is 0.112. The lowest BCUT2D eigenvalue weighted by Gasteiger charge is -2.44. The highest BCUT2D eigenvalue weighted by Crippen LogP contribution is 2.51. The Bertz CT molecular complexity index is 2340. The maximum absolute atomic E-state index is 13.8. The summed E-state index contributed by atoms with van der Waals surface area (Å²) in [6.07, 6.45) is -0.828. The Kier molecular flexibility index (Phi) is 14.1. The van der Waals surface area contributed by atoms with E-state index in [1.165, 1.54) is 25.8 Å². The lowest BCUT2D eigenvalue weighted by molar-refractivity contribution is -0.274. The molecule has 2 aromatic carbocycles. The number of halogens is 4. The summed E-state index contributed by atoms with van der Waals surface area (Å²) in [5.41, 5.74) is 2.20. The molecule has 14 nitrogen and oxygen atoms in total. The second-order valence-electron chi connectivity index (χ2n) is 18.7. The van der Waals surface area contributed by atoms with Gasteiger partial charge in [-0.3, -0.25) is 14.5 Å². The van der Waals surface area contributed by atoms with Gasteiger partial charge in [0.15, 0.2) is 0 Å². The molecule has 0 bridgehead atoms. The van der Waals surface area contributed by atoms with Crippen LogP contribution in [0.5, 0.6) is 5.75 Å². The third kappa shape index (κ3) is 11.2. The Morgan fingerprint density at radius 3 is 2.31 bits per heavy atom. The summed E-state index contributed by atoms with van der Waals surface area (Å²) in [7, 11) is 1.24. The summed E-state index contributed by atoms with van der Waals surface area (Å²) in [6, 6.07) is 11.6. The summed E-state index contributed by atoms with van der Waals surface area (Å²) in [5, 5.41) is 5.27. The monoisotopic (exact) mass is 922 g/mol. The van der Waals surface area contributed by atoms with E-state index in [0.717, 1.165) is 25.8 Å². The molecule has 350 valence electrons. The predicted molar refractivity (Wildman–Crippen MR) is 241 cm³/mol. The number of carbonyl (C=O) groups is 3. The summed E-state index contributed by atoms with van der Waals surface area (Å²) in [4.78, 5) is 57.9. The molecular formula is C47H58ClF3N8O6. The third-order valence-electron chi connectivity index (χ3n) is 12.9. The van der Waals surface area contributed by atoms with E-state index in [1.54, 1.807) is 47.5 Å². The number of alkyl halides is 3. The molecule has 0 radical (unpaired) electrons. The van der Waals surface area contributed by atoms with Crippen molar-refractivity contribution in [1.29, 1.82) is 0 Å². The van der Waals surface area contributed by atoms with Gasteiger partial charge in [0.1, 0.15) is 23.4 Å². The Morgan fingerprint density at radius 1 is 0.969 bits per heavy atom. The molecule has 2 aliphatic heterocycles. The second-order valence-corrected chi connectivity index (χ2v) is 19.1. The van der Waals surface area contributed by atoms with Crippen LogP contribution >= 0.6 is 11.6 Å². The number of rotatable bonds is 14. The van der Waals surface area contributed by atoms with E-state index < -0.39 is 30.2 Å². The SMILES string of the molecule is COC(=O)N[C@H](C(=O)N1C[C@@H](C)C[C@H]1c1ncc(-c2ccc(-c3cc(Cl)c(NC(=O)c4ccc(N5C[C@H](C)N(COC[C@H]6CC6(C)C)C[C@H]5C)nc4)cc3OC(F)(F)F)cc2)[nH]1)C(C)C. The van der Waals surface area contributed by atoms with Crippen LogP contribution in [0.2, 0.25) is 5.02 Å². The van der Waals surface area contributed by atoms with Crippen molar-refractivity contribution in [2.75, 3.05) is 50.3 Å². The number of H-pyrrole nitrogens is 1. The summed E-state index contributed by atoms with van der Waals surface area (Å²) >= 11 is 6.64. The van der Waals surface area contributed by atoms with Gasteiger partial charge in [-0.1, -0.05) is 70.5 Å². The minimum Gasteiger partial charge on any atom is -0.453 e. The van der Waals surface area contributed by atoms with Crippen molar-refractivity contribution in [3.63, 3.8) is 0 Å². The number of ether oxygens (including phenoxy) is 3. The van der Waals surface area contributed by atoms with Gasteiger partial charge in [-0.2, -0.15) is 0 Å². The molecule has 4 aromatic rings. The molecule has 3 amide bonds. The molecule has 1 aliphatic carbocycles. The molecular weight excluding hydrogens is 865 g/mol. The lowest BCUT2D eigenvalue weighted by atomic mass is 10.0. The van der Waals surface area contributed by atoms with Crippen molar-refractivity contribution >= 4 is 41.0 Å². The Labute approximate surface area is 382 Å². The van der Waals surface area contributed by atoms with Gasteiger partial charge in [0.25, 0.3) is 5.91 Å². The zero-order chi connectivity index (χ0) is 47.0. The van der Waals surface area contributed by atoms with Gasteiger partial charge in [-0.15, -0.1) is 13.2 Å². The molecule has 1 saturated carbocycles. The molecule has 4 heterocycles. The number of benzene rings is 2. The summed E-state index contributed by atoms with van der Waals surface area (Å²) in [6.45, 7) is 17.8. The summed E-state index contributed by atoms with van der Waals surface area (Å²) < 4.78 is 56.8. The number of anilines is 2. The van der Waals surface area contributed by atoms with Crippen LogP contribution in [0.15, 0.2) is 60.9 Å². The second kappa shape index (κ2) is 19.2. The van der Waals surface area contributed by atoms with Crippen LogP contribution in [-0.4, -0.2) is 107 Å². The number of methoxy groups -OCH3 is 1. The number of carbonyl (C=O) groups excluding carboxylic acids is 3. The van der Waals surface area contributed by atoms with Crippen molar-refractivity contribution in [1.82, 2.24) is 30.1 Å². The molecule has 65 heavy (non-hydrogen) atoms. The first-order valence-corrected chi connectivity index (χ1v) is 22.3. The minimum absolute atomic E-state index is 0.00775. The van der Waals surface area contributed by atoms with E-state index in [0.29, 0.717) is 59.5 Å². The lowest BCUT2D eigenvalue weighted by Crippen LogP contribution is -2.57.